The molecule has 1 heterocycles. The smallest absolute Gasteiger partial charge is 0.388 e. The predicted molar refractivity (Wildman–Crippen MR) is 50.9 cm³/mol. The molecular formula is C9H4ClF6NO2. The zero-order valence-electron chi connectivity index (χ0n) is 8.77. The lowest BCUT2D eigenvalue weighted by atomic mass is 10.1. The molecule has 3 nitrogen and oxygen atoms in total. The zero-order chi connectivity index (χ0) is 14.8. The summed E-state index contributed by atoms with van der Waals surface area (Å²) in [5, 5.41) is 0. The van der Waals surface area contributed by atoms with Crippen LogP contribution in [0.1, 0.15) is 21.6 Å². The van der Waals surface area contributed by atoms with E-state index >= 15 is 0 Å². The Balaban J connectivity index is 3.42. The van der Waals surface area contributed by atoms with Crippen molar-refractivity contribution in [3.63, 3.8) is 0 Å². The number of halogens is 7. The first-order chi connectivity index (χ1) is 8.58. The van der Waals surface area contributed by atoms with Crippen molar-refractivity contribution in [3.8, 4) is 5.88 Å². The van der Waals surface area contributed by atoms with Crippen molar-refractivity contribution in [2.75, 3.05) is 0 Å². The number of pyridine rings is 1. The van der Waals surface area contributed by atoms with E-state index in [1.54, 1.807) is 0 Å². The Hall–Kier alpha value is -1.51. The number of ether oxygens (including phenoxy) is 1. The molecular weight excluding hydrogens is 304 g/mol. The highest BCUT2D eigenvalue weighted by Gasteiger charge is 2.39. The standard InChI is InChI=1S/C9H4ClF6NO2/c10-2-4-1-5(3-18)6(8(11,12)13)17-7(4)19-9(14,15)16/h1,3H,2H2. The SMILES string of the molecule is O=Cc1cc(CCl)c(OC(F)(F)F)nc1C(F)(F)F. The van der Waals surface area contributed by atoms with Crippen LogP contribution in [0.15, 0.2) is 6.07 Å². The summed E-state index contributed by atoms with van der Waals surface area (Å²) >= 11 is 5.27. The summed E-state index contributed by atoms with van der Waals surface area (Å²) in [4.78, 5) is 13.2. The van der Waals surface area contributed by atoms with Gasteiger partial charge in [-0.15, -0.1) is 24.8 Å². The van der Waals surface area contributed by atoms with E-state index in [-0.39, 0.29) is 6.29 Å². The summed E-state index contributed by atoms with van der Waals surface area (Å²) in [6, 6.07) is 0.552. The van der Waals surface area contributed by atoms with Gasteiger partial charge in [0.25, 0.3) is 0 Å². The molecule has 1 aromatic rings. The molecule has 0 bridgehead atoms. The number of hydrogen-bond donors (Lipinski definition) is 0. The predicted octanol–water partition coefficient (Wildman–Crippen LogP) is 3.55. The van der Waals surface area contributed by atoms with E-state index in [1.807, 2.05) is 0 Å². The van der Waals surface area contributed by atoms with E-state index in [0.717, 1.165) is 0 Å². The molecule has 0 atom stereocenters. The maximum absolute atomic E-state index is 12.5. The highest BCUT2D eigenvalue weighted by molar-refractivity contribution is 6.17. The Morgan fingerprint density at radius 1 is 1.26 bits per heavy atom. The molecule has 10 heteroatoms. The van der Waals surface area contributed by atoms with Crippen molar-refractivity contribution in [1.29, 1.82) is 0 Å². The molecule has 0 N–H and O–H groups in total. The monoisotopic (exact) mass is 307 g/mol. The second kappa shape index (κ2) is 5.24. The number of rotatable bonds is 3. The van der Waals surface area contributed by atoms with Crippen molar-refractivity contribution < 1.29 is 35.9 Å². The van der Waals surface area contributed by atoms with Gasteiger partial charge in [0.15, 0.2) is 12.0 Å². The quantitative estimate of drug-likeness (QED) is 0.487. The normalized spacial score (nSPS) is 12.4. The Morgan fingerprint density at radius 3 is 2.21 bits per heavy atom. The fourth-order valence-electron chi connectivity index (χ4n) is 1.17. The van der Waals surface area contributed by atoms with Crippen molar-refractivity contribution in [2.45, 2.75) is 18.4 Å². The summed E-state index contributed by atoms with van der Waals surface area (Å²) in [5.41, 5.74) is -3.16. The van der Waals surface area contributed by atoms with Crippen LogP contribution in [0, 0.1) is 0 Å². The molecule has 106 valence electrons. The molecule has 0 aliphatic heterocycles. The van der Waals surface area contributed by atoms with Crippen LogP contribution in [0.25, 0.3) is 0 Å². The summed E-state index contributed by atoms with van der Waals surface area (Å²) in [6.07, 6.45) is -10.5. The Kier molecular flexibility index (Phi) is 4.28. The van der Waals surface area contributed by atoms with E-state index in [4.69, 9.17) is 11.6 Å². The Morgan fingerprint density at radius 2 is 1.84 bits per heavy atom. The van der Waals surface area contributed by atoms with E-state index in [1.165, 1.54) is 0 Å². The lowest BCUT2D eigenvalue weighted by Gasteiger charge is -2.15. The lowest BCUT2D eigenvalue weighted by Crippen LogP contribution is -2.21. The van der Waals surface area contributed by atoms with E-state index in [2.05, 4.69) is 9.72 Å². The van der Waals surface area contributed by atoms with Crippen LogP contribution in [-0.4, -0.2) is 17.6 Å². The third-order valence-corrected chi connectivity index (χ3v) is 2.13. The van der Waals surface area contributed by atoms with E-state index in [0.29, 0.717) is 6.07 Å². The first-order valence-corrected chi connectivity index (χ1v) is 5.00. The molecule has 0 aliphatic carbocycles. The summed E-state index contributed by atoms with van der Waals surface area (Å²) in [6.45, 7) is 0. The number of hydrogen-bond acceptors (Lipinski definition) is 3. The molecule has 0 saturated heterocycles. The Bertz CT molecular complexity index is 485. The van der Waals surface area contributed by atoms with E-state index < -0.39 is 41.1 Å². The minimum atomic E-state index is -5.22. The van der Waals surface area contributed by atoms with Gasteiger partial charge in [-0.3, -0.25) is 4.79 Å². The average molecular weight is 308 g/mol. The number of carbonyl (C=O) groups excluding carboxylic acids is 1. The van der Waals surface area contributed by atoms with Crippen LogP contribution in [0.4, 0.5) is 26.3 Å². The number of aldehydes is 1. The molecule has 0 aromatic carbocycles. The molecule has 0 radical (unpaired) electrons. The minimum absolute atomic E-state index is 0.177. The largest absolute Gasteiger partial charge is 0.574 e. The van der Waals surface area contributed by atoms with Crippen LogP contribution in [0.5, 0.6) is 5.88 Å². The van der Waals surface area contributed by atoms with E-state index in [9.17, 15) is 31.1 Å². The molecule has 0 amide bonds. The summed E-state index contributed by atoms with van der Waals surface area (Å²) in [7, 11) is 0. The van der Waals surface area contributed by atoms with Crippen molar-refractivity contribution in [3.05, 3.63) is 22.9 Å². The van der Waals surface area contributed by atoms with Gasteiger partial charge in [-0.05, 0) is 6.07 Å². The minimum Gasteiger partial charge on any atom is -0.388 e. The van der Waals surface area contributed by atoms with Gasteiger partial charge in [-0.25, -0.2) is 4.98 Å². The van der Waals surface area contributed by atoms with Gasteiger partial charge < -0.3 is 4.74 Å². The zero-order valence-corrected chi connectivity index (χ0v) is 9.53. The lowest BCUT2D eigenvalue weighted by molar-refractivity contribution is -0.276. The van der Waals surface area contributed by atoms with Gasteiger partial charge in [0.1, 0.15) is 0 Å². The number of carbonyl (C=O) groups is 1. The third-order valence-electron chi connectivity index (χ3n) is 1.84. The molecule has 0 saturated carbocycles. The number of aromatic nitrogens is 1. The second-order valence-corrected chi connectivity index (χ2v) is 3.45. The number of alkyl halides is 7. The van der Waals surface area contributed by atoms with Crippen LogP contribution in [0.3, 0.4) is 0 Å². The maximum atomic E-state index is 12.5. The van der Waals surface area contributed by atoms with Crippen LogP contribution in [0.2, 0.25) is 0 Å². The fourth-order valence-corrected chi connectivity index (χ4v) is 1.36. The Labute approximate surface area is 107 Å². The first-order valence-electron chi connectivity index (χ1n) is 4.46. The van der Waals surface area contributed by atoms with Crippen molar-refractivity contribution >= 4 is 17.9 Å². The van der Waals surface area contributed by atoms with Gasteiger partial charge in [-0.1, -0.05) is 0 Å². The maximum Gasteiger partial charge on any atom is 0.574 e. The highest BCUT2D eigenvalue weighted by atomic mass is 35.5. The van der Waals surface area contributed by atoms with Gasteiger partial charge in [0.2, 0.25) is 5.88 Å². The third kappa shape index (κ3) is 3.98. The van der Waals surface area contributed by atoms with Crippen LogP contribution >= 0.6 is 11.6 Å². The second-order valence-electron chi connectivity index (χ2n) is 3.19. The molecule has 0 spiro atoms. The fraction of sp³-hybridized carbons (Fsp3) is 0.333. The number of nitrogens with zero attached hydrogens (tertiary/aromatic N) is 1. The van der Waals surface area contributed by atoms with Crippen molar-refractivity contribution in [2.24, 2.45) is 0 Å². The first kappa shape index (κ1) is 15.5. The van der Waals surface area contributed by atoms with Crippen LogP contribution < -0.4 is 4.74 Å². The summed E-state index contributed by atoms with van der Waals surface area (Å²) < 4.78 is 76.9. The van der Waals surface area contributed by atoms with Crippen LogP contribution in [-0.2, 0) is 12.1 Å². The highest BCUT2D eigenvalue weighted by Crippen LogP contribution is 2.34. The van der Waals surface area contributed by atoms with Gasteiger partial charge >= 0.3 is 12.5 Å². The average Bonchev–Trinajstić information content (AvgIpc) is 2.25. The molecule has 0 fully saturated rings. The van der Waals surface area contributed by atoms with Crippen molar-refractivity contribution in [1.82, 2.24) is 4.98 Å². The van der Waals surface area contributed by atoms with Gasteiger partial charge in [-0.2, -0.15) is 13.2 Å². The molecule has 1 aromatic heterocycles. The molecule has 0 unspecified atom stereocenters. The van der Waals surface area contributed by atoms with Gasteiger partial charge in [0, 0.05) is 11.1 Å². The molecule has 1 rings (SSSR count). The summed E-state index contributed by atoms with van der Waals surface area (Å²) in [5.74, 6) is -1.93. The molecule has 19 heavy (non-hydrogen) atoms. The topological polar surface area (TPSA) is 39.2 Å². The van der Waals surface area contributed by atoms with Gasteiger partial charge in [0.05, 0.1) is 5.88 Å². The molecule has 0 aliphatic rings.